The van der Waals surface area contributed by atoms with E-state index in [2.05, 4.69) is 98.4 Å². The van der Waals surface area contributed by atoms with Gasteiger partial charge in [-0.3, -0.25) is 4.98 Å². The smallest absolute Gasteiger partial charge is 0.213 e. The molecule has 0 saturated heterocycles. The molecule has 0 atom stereocenters. The number of hydrogen-bond acceptors (Lipinski definition) is 4. The van der Waals surface area contributed by atoms with E-state index in [1.165, 1.54) is 23.0 Å². The Labute approximate surface area is 290 Å². The molecule has 47 heavy (non-hydrogen) atoms. The molecule has 3 aromatic carbocycles. The zero-order valence-corrected chi connectivity index (χ0v) is 31.2. The summed E-state index contributed by atoms with van der Waals surface area (Å²) in [7, 11) is -1.34. The van der Waals surface area contributed by atoms with Gasteiger partial charge in [0.05, 0.1) is 36.7 Å². The maximum atomic E-state index is 13.6. The molecular formula is C39H39FIrN4OSi-2. The van der Waals surface area contributed by atoms with Crippen LogP contribution in [0.5, 0.6) is 0 Å². The first-order valence-corrected chi connectivity index (χ1v) is 19.3. The molecule has 243 valence electrons. The first-order chi connectivity index (χ1) is 22.0. The number of fused-ring (bicyclic) bond motifs is 4. The van der Waals surface area contributed by atoms with Crippen LogP contribution in [0.4, 0.5) is 4.39 Å². The fraction of sp³-hybridized carbons (Fsp3) is 0.256. The number of aromatic nitrogens is 4. The van der Waals surface area contributed by atoms with Crippen molar-refractivity contribution in [3.05, 3.63) is 109 Å². The van der Waals surface area contributed by atoms with Gasteiger partial charge in [0.15, 0.2) is 0 Å². The summed E-state index contributed by atoms with van der Waals surface area (Å²) in [5.74, 6) is 0.934. The molecule has 0 unspecified atom stereocenters. The summed E-state index contributed by atoms with van der Waals surface area (Å²) >= 11 is 0. The van der Waals surface area contributed by atoms with E-state index in [-0.39, 0.29) is 26.1 Å². The summed E-state index contributed by atoms with van der Waals surface area (Å²) < 4.78 is 21.8. The molecule has 8 heteroatoms. The molecule has 7 aromatic rings. The summed E-state index contributed by atoms with van der Waals surface area (Å²) in [5.41, 5.74) is 7.55. The van der Waals surface area contributed by atoms with Gasteiger partial charge in [0.2, 0.25) is 5.95 Å². The number of halogens is 1. The Morgan fingerprint density at radius 3 is 2.34 bits per heavy atom. The van der Waals surface area contributed by atoms with E-state index in [1.807, 2.05) is 48.5 Å². The Morgan fingerprint density at radius 2 is 1.64 bits per heavy atom. The maximum Gasteiger partial charge on any atom is 0.213 e. The van der Waals surface area contributed by atoms with Crippen molar-refractivity contribution in [3.8, 4) is 22.6 Å². The van der Waals surface area contributed by atoms with Crippen molar-refractivity contribution in [2.24, 2.45) is 5.92 Å². The largest absolute Gasteiger partial charge is 0.499 e. The predicted octanol–water partition coefficient (Wildman–Crippen LogP) is 9.81. The van der Waals surface area contributed by atoms with E-state index in [1.54, 1.807) is 0 Å². The molecule has 0 saturated carbocycles. The van der Waals surface area contributed by atoms with Crippen LogP contribution in [0, 0.1) is 24.0 Å². The van der Waals surface area contributed by atoms with Gasteiger partial charge in [0.1, 0.15) is 5.58 Å². The van der Waals surface area contributed by atoms with Crippen LogP contribution in [-0.4, -0.2) is 27.6 Å². The number of pyridine rings is 2. The summed E-state index contributed by atoms with van der Waals surface area (Å²) in [6, 6.07) is 30.2. The zero-order valence-electron chi connectivity index (χ0n) is 27.9. The minimum atomic E-state index is -1.34. The molecule has 1 radical (unpaired) electrons. The average molecular weight is 819 g/mol. The van der Waals surface area contributed by atoms with Crippen molar-refractivity contribution < 1.29 is 28.9 Å². The van der Waals surface area contributed by atoms with Gasteiger partial charge in [-0.05, 0) is 49.2 Å². The topological polar surface area (TPSA) is 56.7 Å². The van der Waals surface area contributed by atoms with Gasteiger partial charge in [0, 0.05) is 43.8 Å². The van der Waals surface area contributed by atoms with E-state index in [9.17, 15) is 4.39 Å². The SMILES string of the molecule is CC(C)Cc1cc(-c2[c-]cccc2)ncc1[Si](C)(C)C.CC(C)n1c(-c2[c-]ccc3c2oc2cnc(F)cc23)nc2ccccc21.[Ir]. The van der Waals surface area contributed by atoms with E-state index < -0.39 is 14.0 Å². The van der Waals surface area contributed by atoms with Crippen LogP contribution in [-0.2, 0) is 26.5 Å². The monoisotopic (exact) mass is 819 g/mol. The molecule has 4 aromatic heterocycles. The number of para-hydroxylation sites is 2. The van der Waals surface area contributed by atoms with Crippen LogP contribution in [0.1, 0.15) is 39.3 Å². The van der Waals surface area contributed by atoms with Crippen LogP contribution in [0.25, 0.3) is 55.6 Å². The van der Waals surface area contributed by atoms with Crippen molar-refractivity contribution in [2.45, 2.75) is 59.8 Å². The molecule has 0 aliphatic heterocycles. The third-order valence-electron chi connectivity index (χ3n) is 8.03. The predicted molar refractivity (Wildman–Crippen MR) is 189 cm³/mol. The molecule has 0 bridgehead atoms. The number of benzene rings is 3. The molecule has 0 fully saturated rings. The second kappa shape index (κ2) is 14.0. The molecule has 0 amide bonds. The second-order valence-corrected chi connectivity index (χ2v) is 18.5. The Hall–Kier alpha value is -3.97. The third kappa shape index (κ3) is 7.15. The van der Waals surface area contributed by atoms with Crippen molar-refractivity contribution >= 4 is 46.2 Å². The summed E-state index contributed by atoms with van der Waals surface area (Å²) in [6.07, 6.45) is 4.65. The Kier molecular flexibility index (Phi) is 10.3. The van der Waals surface area contributed by atoms with Crippen LogP contribution < -0.4 is 5.19 Å². The zero-order chi connectivity index (χ0) is 32.6. The number of imidazole rings is 1. The fourth-order valence-corrected chi connectivity index (χ4v) is 7.60. The van der Waals surface area contributed by atoms with Gasteiger partial charge in [-0.1, -0.05) is 68.2 Å². The van der Waals surface area contributed by atoms with Gasteiger partial charge in [-0.15, -0.1) is 54.1 Å². The standard InChI is InChI=1S/C21H15FN3O.C18H24NSi.Ir/c1-12(2)25-17-9-4-3-8-16(17)24-21(25)14-7-5-6-13-15-10-19(22)23-11-18(15)26-20(13)14;1-14(2)11-16-12-17(15-9-7-6-8-10-15)19-13-18(16)20(3,4)5;/h3-6,8-12H,1-2H3;6-9,12-14H,11H2,1-5H3;/q2*-1;. The Balaban J connectivity index is 0.000000188. The van der Waals surface area contributed by atoms with Crippen LogP contribution in [0.2, 0.25) is 19.6 Å². The molecule has 0 aliphatic rings. The average Bonchev–Trinajstić information content (AvgIpc) is 3.59. The van der Waals surface area contributed by atoms with Crippen LogP contribution in [0.15, 0.2) is 89.6 Å². The first-order valence-electron chi connectivity index (χ1n) is 15.8. The summed E-state index contributed by atoms with van der Waals surface area (Å²) in [6.45, 7) is 16.0. The van der Waals surface area contributed by atoms with Crippen molar-refractivity contribution in [3.63, 3.8) is 0 Å². The third-order valence-corrected chi connectivity index (χ3v) is 10.1. The van der Waals surface area contributed by atoms with Gasteiger partial charge >= 0.3 is 0 Å². The number of nitrogens with zero attached hydrogens (tertiary/aromatic N) is 4. The van der Waals surface area contributed by atoms with E-state index in [0.29, 0.717) is 22.5 Å². The van der Waals surface area contributed by atoms with E-state index in [4.69, 9.17) is 9.40 Å². The fourth-order valence-electron chi connectivity index (χ4n) is 6.01. The number of rotatable bonds is 6. The molecule has 0 spiro atoms. The van der Waals surface area contributed by atoms with Gasteiger partial charge in [-0.25, -0.2) is 4.98 Å². The minimum Gasteiger partial charge on any atom is -0.499 e. The molecule has 5 nitrogen and oxygen atoms in total. The first kappa shape index (κ1) is 34.4. The molecule has 0 aliphatic carbocycles. The molecule has 4 heterocycles. The molecule has 0 N–H and O–H groups in total. The van der Waals surface area contributed by atoms with Gasteiger partial charge < -0.3 is 14.0 Å². The van der Waals surface area contributed by atoms with Gasteiger partial charge in [0.25, 0.3) is 0 Å². The van der Waals surface area contributed by atoms with Crippen molar-refractivity contribution in [1.82, 2.24) is 19.5 Å². The van der Waals surface area contributed by atoms with Crippen molar-refractivity contribution in [1.29, 1.82) is 0 Å². The number of furan rings is 1. The summed E-state index contributed by atoms with van der Waals surface area (Å²) in [5, 5.41) is 3.03. The van der Waals surface area contributed by atoms with Gasteiger partial charge in [-0.2, -0.15) is 4.39 Å². The minimum absolute atomic E-state index is 0. The normalized spacial score (nSPS) is 11.7. The Morgan fingerprint density at radius 1 is 0.872 bits per heavy atom. The van der Waals surface area contributed by atoms with E-state index >= 15 is 0 Å². The quantitative estimate of drug-likeness (QED) is 0.0954. The molecular weight excluding hydrogens is 780 g/mol. The Bertz CT molecular complexity index is 2150. The van der Waals surface area contributed by atoms with Crippen molar-refractivity contribution in [2.75, 3.05) is 0 Å². The second-order valence-electron chi connectivity index (χ2n) is 13.4. The summed E-state index contributed by atoms with van der Waals surface area (Å²) in [4.78, 5) is 13.2. The maximum absolute atomic E-state index is 13.6. The number of hydrogen-bond donors (Lipinski definition) is 0. The van der Waals surface area contributed by atoms with Crippen LogP contribution in [0.3, 0.4) is 0 Å². The molecule has 7 rings (SSSR count). The van der Waals surface area contributed by atoms with Crippen LogP contribution >= 0.6 is 0 Å². The van der Waals surface area contributed by atoms with E-state index in [0.717, 1.165) is 45.5 Å².